The van der Waals surface area contributed by atoms with Crippen LogP contribution in [0.2, 0.25) is 10.0 Å². The zero-order valence-corrected chi connectivity index (χ0v) is 14.9. The Hall–Kier alpha value is -0.480. The molecule has 120 valence electrons. The van der Waals surface area contributed by atoms with E-state index >= 15 is 0 Å². The molecule has 0 saturated heterocycles. The monoisotopic (exact) mass is 352 g/mol. The predicted octanol–water partition coefficient (Wildman–Crippen LogP) is 4.36. The van der Waals surface area contributed by atoms with Crippen molar-refractivity contribution in [2.75, 3.05) is 6.54 Å². The van der Waals surface area contributed by atoms with Crippen molar-refractivity contribution in [3.8, 4) is 0 Å². The fourth-order valence-electron chi connectivity index (χ4n) is 2.23. The van der Waals surface area contributed by atoms with Crippen LogP contribution < -0.4 is 11.1 Å². The normalized spacial score (nSPS) is 12.5. The van der Waals surface area contributed by atoms with Gasteiger partial charge >= 0.3 is 0 Å². The fourth-order valence-corrected chi connectivity index (χ4v) is 2.71. The van der Waals surface area contributed by atoms with Crippen LogP contribution in [0.5, 0.6) is 0 Å². The van der Waals surface area contributed by atoms with Gasteiger partial charge in [0.25, 0.3) is 0 Å². The molecule has 0 aromatic heterocycles. The first-order chi connectivity index (χ1) is 9.41. The molecular formula is C15H23Cl3N2O. The number of carbonyl (C=O) groups excluding carboxylic acids is 1. The number of rotatable bonds is 6. The molecule has 0 fully saturated rings. The molecule has 0 radical (unpaired) electrons. The molecular weight excluding hydrogens is 331 g/mol. The molecule has 1 aromatic carbocycles. The topological polar surface area (TPSA) is 55.1 Å². The van der Waals surface area contributed by atoms with Crippen LogP contribution in [0, 0.1) is 5.41 Å². The highest BCUT2D eigenvalue weighted by Gasteiger charge is 2.34. The molecule has 0 spiro atoms. The van der Waals surface area contributed by atoms with E-state index in [4.69, 9.17) is 28.9 Å². The number of nitrogens with one attached hydrogen (secondary N) is 1. The summed E-state index contributed by atoms with van der Waals surface area (Å²) in [5.41, 5.74) is 6.09. The second-order valence-corrected chi connectivity index (χ2v) is 5.81. The second kappa shape index (κ2) is 8.84. The van der Waals surface area contributed by atoms with Crippen molar-refractivity contribution in [3.05, 3.63) is 33.8 Å². The van der Waals surface area contributed by atoms with Crippen LogP contribution in [-0.4, -0.2) is 12.5 Å². The summed E-state index contributed by atoms with van der Waals surface area (Å²) in [7, 11) is 0. The van der Waals surface area contributed by atoms with E-state index in [0.29, 0.717) is 29.4 Å². The minimum Gasteiger partial charge on any atom is -0.349 e. The molecule has 1 atom stereocenters. The first-order valence-corrected chi connectivity index (χ1v) is 7.62. The van der Waals surface area contributed by atoms with Crippen molar-refractivity contribution in [1.29, 1.82) is 0 Å². The van der Waals surface area contributed by atoms with Crippen molar-refractivity contribution >= 4 is 41.5 Å². The molecule has 0 bridgehead atoms. The smallest absolute Gasteiger partial charge is 0.227 e. The van der Waals surface area contributed by atoms with Gasteiger partial charge < -0.3 is 11.1 Å². The Morgan fingerprint density at radius 1 is 1.33 bits per heavy atom. The maximum Gasteiger partial charge on any atom is 0.227 e. The third-order valence-corrected chi connectivity index (χ3v) is 4.86. The first-order valence-electron chi connectivity index (χ1n) is 6.86. The highest BCUT2D eigenvalue weighted by atomic mass is 35.5. The highest BCUT2D eigenvalue weighted by Crippen LogP contribution is 2.31. The minimum absolute atomic E-state index is 0. The summed E-state index contributed by atoms with van der Waals surface area (Å²) in [4.78, 5) is 12.5. The lowest BCUT2D eigenvalue weighted by molar-refractivity contribution is -0.131. The van der Waals surface area contributed by atoms with Crippen molar-refractivity contribution in [2.45, 2.75) is 39.7 Å². The van der Waals surface area contributed by atoms with E-state index in [1.165, 1.54) is 0 Å². The van der Waals surface area contributed by atoms with E-state index in [-0.39, 0.29) is 24.4 Å². The van der Waals surface area contributed by atoms with Gasteiger partial charge in [0, 0.05) is 6.54 Å². The molecule has 0 aliphatic carbocycles. The molecule has 6 heteroatoms. The molecule has 21 heavy (non-hydrogen) atoms. The van der Waals surface area contributed by atoms with Gasteiger partial charge in [-0.15, -0.1) is 12.4 Å². The zero-order chi connectivity index (χ0) is 15.3. The molecule has 3 nitrogen and oxygen atoms in total. The average Bonchev–Trinajstić information content (AvgIpc) is 2.44. The summed E-state index contributed by atoms with van der Waals surface area (Å²) in [6, 6.07) is 5.20. The van der Waals surface area contributed by atoms with E-state index in [1.54, 1.807) is 6.07 Å². The Balaban J connectivity index is 0.00000400. The molecule has 1 aromatic rings. The van der Waals surface area contributed by atoms with Crippen LogP contribution in [0.15, 0.2) is 18.2 Å². The lowest BCUT2D eigenvalue weighted by Gasteiger charge is -2.30. The standard InChI is InChI=1S/C15H22Cl2N2O.ClH/c1-4-15(5-2,9-18)14(20)19-10(3)11-7-6-8-12(16)13(11)17;/h6-8,10H,4-5,9,18H2,1-3H3,(H,19,20);1H. The van der Waals surface area contributed by atoms with Gasteiger partial charge in [0.15, 0.2) is 0 Å². The van der Waals surface area contributed by atoms with Gasteiger partial charge in [-0.1, -0.05) is 49.2 Å². The SMILES string of the molecule is CCC(CC)(CN)C(=O)NC(C)c1cccc(Cl)c1Cl.Cl. The van der Waals surface area contributed by atoms with Crippen molar-refractivity contribution in [2.24, 2.45) is 11.1 Å². The van der Waals surface area contributed by atoms with Gasteiger partial charge in [0.2, 0.25) is 5.91 Å². The first kappa shape index (κ1) is 20.5. The van der Waals surface area contributed by atoms with Gasteiger partial charge in [0.05, 0.1) is 21.5 Å². The van der Waals surface area contributed by atoms with Crippen LogP contribution in [0.1, 0.15) is 45.2 Å². The highest BCUT2D eigenvalue weighted by molar-refractivity contribution is 6.42. The van der Waals surface area contributed by atoms with Gasteiger partial charge in [0.1, 0.15) is 0 Å². The number of hydrogen-bond donors (Lipinski definition) is 2. The van der Waals surface area contributed by atoms with E-state index in [2.05, 4.69) is 5.32 Å². The summed E-state index contributed by atoms with van der Waals surface area (Å²) in [6.45, 7) is 6.18. The van der Waals surface area contributed by atoms with E-state index in [0.717, 1.165) is 5.56 Å². The molecule has 0 heterocycles. The number of nitrogens with two attached hydrogens (primary N) is 1. The second-order valence-electron chi connectivity index (χ2n) is 5.03. The maximum absolute atomic E-state index is 12.5. The van der Waals surface area contributed by atoms with Gasteiger partial charge in [-0.3, -0.25) is 4.79 Å². The molecule has 0 aliphatic heterocycles. The van der Waals surface area contributed by atoms with Crippen LogP contribution in [-0.2, 0) is 4.79 Å². The Morgan fingerprint density at radius 2 is 1.90 bits per heavy atom. The van der Waals surface area contributed by atoms with Crippen LogP contribution in [0.25, 0.3) is 0 Å². The van der Waals surface area contributed by atoms with Crippen molar-refractivity contribution in [1.82, 2.24) is 5.32 Å². The minimum atomic E-state index is -0.515. The summed E-state index contributed by atoms with van der Waals surface area (Å²) >= 11 is 12.2. The van der Waals surface area contributed by atoms with Gasteiger partial charge in [-0.05, 0) is 31.4 Å². The van der Waals surface area contributed by atoms with E-state index in [9.17, 15) is 4.79 Å². The van der Waals surface area contributed by atoms with Gasteiger partial charge in [-0.2, -0.15) is 0 Å². The third-order valence-electron chi connectivity index (χ3n) is 4.02. The lowest BCUT2D eigenvalue weighted by Crippen LogP contribution is -2.46. The average molecular weight is 354 g/mol. The number of hydrogen-bond acceptors (Lipinski definition) is 2. The summed E-state index contributed by atoms with van der Waals surface area (Å²) in [6.07, 6.45) is 1.42. The fraction of sp³-hybridized carbons (Fsp3) is 0.533. The summed E-state index contributed by atoms with van der Waals surface area (Å²) in [5, 5.41) is 3.96. The molecule has 1 rings (SSSR count). The Kier molecular flexibility index (Phi) is 8.64. The summed E-state index contributed by atoms with van der Waals surface area (Å²) < 4.78 is 0. The van der Waals surface area contributed by atoms with Crippen molar-refractivity contribution < 1.29 is 4.79 Å². The van der Waals surface area contributed by atoms with Crippen LogP contribution >= 0.6 is 35.6 Å². The maximum atomic E-state index is 12.5. The molecule has 0 aliphatic rings. The lowest BCUT2D eigenvalue weighted by atomic mass is 9.81. The number of benzene rings is 1. The number of halogens is 3. The molecule has 3 N–H and O–H groups in total. The van der Waals surface area contributed by atoms with E-state index in [1.807, 2.05) is 32.9 Å². The van der Waals surface area contributed by atoms with Crippen LogP contribution in [0.4, 0.5) is 0 Å². The third kappa shape index (κ3) is 4.49. The Bertz CT molecular complexity index is 468. The van der Waals surface area contributed by atoms with E-state index < -0.39 is 5.41 Å². The largest absolute Gasteiger partial charge is 0.349 e. The molecule has 0 saturated carbocycles. The predicted molar refractivity (Wildman–Crippen MR) is 92.3 cm³/mol. The van der Waals surface area contributed by atoms with Crippen LogP contribution in [0.3, 0.4) is 0 Å². The molecule has 1 unspecified atom stereocenters. The zero-order valence-electron chi connectivity index (χ0n) is 12.6. The molecule has 1 amide bonds. The number of amides is 1. The number of carbonyl (C=O) groups is 1. The summed E-state index contributed by atoms with van der Waals surface area (Å²) in [5.74, 6) is -0.0338. The van der Waals surface area contributed by atoms with Gasteiger partial charge in [-0.25, -0.2) is 0 Å². The Labute approximate surface area is 143 Å². The van der Waals surface area contributed by atoms with Crippen molar-refractivity contribution in [3.63, 3.8) is 0 Å². The quantitative estimate of drug-likeness (QED) is 0.798. The Morgan fingerprint density at radius 3 is 2.38 bits per heavy atom.